The van der Waals surface area contributed by atoms with E-state index in [0.717, 1.165) is 39.1 Å². The van der Waals surface area contributed by atoms with Crippen LogP contribution in [0, 0.1) is 0 Å². The van der Waals surface area contributed by atoms with Gasteiger partial charge in [-0.25, -0.2) is 0 Å². The minimum Gasteiger partial charge on any atom is -0.497 e. The lowest BCUT2D eigenvalue weighted by molar-refractivity contribution is -0.0478. The molecular weight excluding hydrogens is 228 g/mol. The topological polar surface area (TPSA) is 33.7 Å². The van der Waals surface area contributed by atoms with Crippen molar-refractivity contribution in [2.24, 2.45) is 0 Å². The summed E-state index contributed by atoms with van der Waals surface area (Å²) >= 11 is 0. The van der Waals surface area contributed by atoms with Gasteiger partial charge in [-0.15, -0.1) is 0 Å². The average molecular weight is 252 g/mol. The predicted molar refractivity (Wildman–Crippen MR) is 70.5 cm³/mol. The number of hydrogen-bond acceptors (Lipinski definition) is 4. The van der Waals surface area contributed by atoms with E-state index >= 15 is 0 Å². The van der Waals surface area contributed by atoms with Crippen molar-refractivity contribution in [1.29, 1.82) is 0 Å². The summed E-state index contributed by atoms with van der Waals surface area (Å²) in [7, 11) is 0. The molecule has 18 heavy (non-hydrogen) atoms. The number of fused-ring (bicyclic) bond motifs is 1. The lowest BCUT2D eigenvalue weighted by atomic mass is 10.1. The van der Waals surface area contributed by atoms with E-state index in [1.165, 1.54) is 19.4 Å². The number of morpholine rings is 1. The molecule has 0 aromatic heterocycles. The van der Waals surface area contributed by atoms with Crippen molar-refractivity contribution >= 4 is 0 Å². The molecule has 3 aliphatic heterocycles. The highest BCUT2D eigenvalue weighted by molar-refractivity contribution is 4.87. The molecule has 4 nitrogen and oxygen atoms in total. The molecule has 3 unspecified atom stereocenters. The van der Waals surface area contributed by atoms with Crippen LogP contribution in [0.4, 0.5) is 0 Å². The van der Waals surface area contributed by atoms with Crippen molar-refractivity contribution in [2.45, 2.75) is 43.9 Å². The zero-order valence-electron chi connectivity index (χ0n) is 11.0. The molecule has 0 spiro atoms. The van der Waals surface area contributed by atoms with E-state index in [-0.39, 0.29) is 0 Å². The maximum atomic E-state index is 5.92. The molecule has 0 bridgehead atoms. The highest BCUT2D eigenvalue weighted by atomic mass is 16.5. The second-order valence-electron chi connectivity index (χ2n) is 5.61. The molecule has 0 amide bonds. The van der Waals surface area contributed by atoms with Gasteiger partial charge < -0.3 is 14.8 Å². The van der Waals surface area contributed by atoms with E-state index < -0.39 is 0 Å². The largest absolute Gasteiger partial charge is 0.497 e. The van der Waals surface area contributed by atoms with Crippen LogP contribution < -0.4 is 5.32 Å². The van der Waals surface area contributed by atoms with Crippen LogP contribution in [0.5, 0.6) is 0 Å². The Kier molecular flexibility index (Phi) is 4.18. The first-order valence-electron chi connectivity index (χ1n) is 7.28. The van der Waals surface area contributed by atoms with Gasteiger partial charge in [0.2, 0.25) is 0 Å². The first-order chi connectivity index (χ1) is 8.92. The minimum atomic E-state index is 0.345. The average Bonchev–Trinajstić information content (AvgIpc) is 2.87. The molecule has 0 aliphatic carbocycles. The SMILES string of the molecule is C1=COC(CNCC2CN3CCCC3CO2)CC1. The first-order valence-corrected chi connectivity index (χ1v) is 7.28. The molecule has 2 fully saturated rings. The van der Waals surface area contributed by atoms with Gasteiger partial charge in [-0.1, -0.05) is 0 Å². The van der Waals surface area contributed by atoms with E-state index in [2.05, 4.69) is 16.3 Å². The fourth-order valence-corrected chi connectivity index (χ4v) is 3.15. The molecule has 0 radical (unpaired) electrons. The summed E-state index contributed by atoms with van der Waals surface area (Å²) in [4.78, 5) is 2.59. The third-order valence-electron chi connectivity index (χ3n) is 4.23. The Morgan fingerprint density at radius 1 is 1.22 bits per heavy atom. The van der Waals surface area contributed by atoms with Gasteiger partial charge >= 0.3 is 0 Å². The number of rotatable bonds is 4. The van der Waals surface area contributed by atoms with Gasteiger partial charge in [0.1, 0.15) is 6.10 Å². The molecule has 0 saturated carbocycles. The smallest absolute Gasteiger partial charge is 0.110 e. The standard InChI is InChI=1S/C14H24N2O2/c1-2-7-17-13(5-1)8-15-9-14-10-16-6-3-4-12(16)11-18-14/h2,7,12-15H,1,3-6,8-11H2. The van der Waals surface area contributed by atoms with Gasteiger partial charge in [0.05, 0.1) is 19.0 Å². The van der Waals surface area contributed by atoms with Crippen LogP contribution in [0.3, 0.4) is 0 Å². The van der Waals surface area contributed by atoms with Crippen molar-refractivity contribution in [3.63, 3.8) is 0 Å². The summed E-state index contributed by atoms with van der Waals surface area (Å²) in [6.07, 6.45) is 9.57. The quantitative estimate of drug-likeness (QED) is 0.813. The van der Waals surface area contributed by atoms with Gasteiger partial charge in [0.15, 0.2) is 0 Å². The maximum Gasteiger partial charge on any atom is 0.110 e. The number of hydrogen-bond donors (Lipinski definition) is 1. The molecule has 4 heteroatoms. The highest BCUT2D eigenvalue weighted by Gasteiger charge is 2.31. The first kappa shape index (κ1) is 12.5. The van der Waals surface area contributed by atoms with Gasteiger partial charge in [0.25, 0.3) is 0 Å². The van der Waals surface area contributed by atoms with Crippen molar-refractivity contribution in [2.75, 3.05) is 32.8 Å². The van der Waals surface area contributed by atoms with Crippen LogP contribution in [0.25, 0.3) is 0 Å². The molecule has 102 valence electrons. The molecule has 0 aromatic carbocycles. The highest BCUT2D eigenvalue weighted by Crippen LogP contribution is 2.22. The lowest BCUT2D eigenvalue weighted by Crippen LogP contribution is -2.50. The van der Waals surface area contributed by atoms with E-state index in [1.54, 1.807) is 0 Å². The molecule has 3 atom stereocenters. The predicted octanol–water partition coefficient (Wildman–Crippen LogP) is 1.13. The monoisotopic (exact) mass is 252 g/mol. The fourth-order valence-electron chi connectivity index (χ4n) is 3.15. The Labute approximate surface area is 109 Å². The van der Waals surface area contributed by atoms with Crippen LogP contribution in [0.15, 0.2) is 12.3 Å². The molecule has 3 heterocycles. The Hall–Kier alpha value is -0.580. The third kappa shape index (κ3) is 3.05. The fraction of sp³-hybridized carbons (Fsp3) is 0.857. The molecule has 1 N–H and O–H groups in total. The normalized spacial score (nSPS) is 36.3. The van der Waals surface area contributed by atoms with Gasteiger partial charge in [-0.2, -0.15) is 0 Å². The molecule has 0 aromatic rings. The Bertz CT molecular complexity index is 296. The van der Waals surface area contributed by atoms with Crippen LogP contribution in [-0.2, 0) is 9.47 Å². The van der Waals surface area contributed by atoms with Crippen molar-refractivity contribution < 1.29 is 9.47 Å². The summed E-state index contributed by atoms with van der Waals surface area (Å²) in [5, 5.41) is 3.49. The Morgan fingerprint density at radius 2 is 2.17 bits per heavy atom. The van der Waals surface area contributed by atoms with E-state index in [1.807, 2.05) is 6.26 Å². The molecule has 3 aliphatic rings. The van der Waals surface area contributed by atoms with Gasteiger partial charge in [-0.05, 0) is 38.3 Å². The second kappa shape index (κ2) is 6.04. The van der Waals surface area contributed by atoms with Gasteiger partial charge in [0, 0.05) is 25.7 Å². The van der Waals surface area contributed by atoms with E-state index in [0.29, 0.717) is 18.2 Å². The van der Waals surface area contributed by atoms with Crippen LogP contribution in [0.1, 0.15) is 25.7 Å². The van der Waals surface area contributed by atoms with Crippen LogP contribution in [-0.4, -0.2) is 55.9 Å². The number of ether oxygens (including phenoxy) is 2. The molecule has 2 saturated heterocycles. The summed E-state index contributed by atoms with van der Waals surface area (Å²) in [6.45, 7) is 5.18. The third-order valence-corrected chi connectivity index (χ3v) is 4.23. The molecule has 3 rings (SSSR count). The second-order valence-corrected chi connectivity index (χ2v) is 5.61. The lowest BCUT2D eigenvalue weighted by Gasteiger charge is -2.35. The van der Waals surface area contributed by atoms with E-state index in [4.69, 9.17) is 9.47 Å². The van der Waals surface area contributed by atoms with Crippen molar-refractivity contribution in [3.05, 3.63) is 12.3 Å². The van der Waals surface area contributed by atoms with Gasteiger partial charge in [-0.3, -0.25) is 4.90 Å². The van der Waals surface area contributed by atoms with Crippen LogP contribution in [0.2, 0.25) is 0 Å². The summed E-state index contributed by atoms with van der Waals surface area (Å²) in [5.41, 5.74) is 0. The number of allylic oxidation sites excluding steroid dienone is 1. The summed E-state index contributed by atoms with van der Waals surface area (Å²) < 4.78 is 11.5. The summed E-state index contributed by atoms with van der Waals surface area (Å²) in [5.74, 6) is 0. The minimum absolute atomic E-state index is 0.345. The number of nitrogens with one attached hydrogen (secondary N) is 1. The number of nitrogens with zero attached hydrogens (tertiary/aromatic N) is 1. The van der Waals surface area contributed by atoms with Crippen molar-refractivity contribution in [3.8, 4) is 0 Å². The Morgan fingerprint density at radius 3 is 3.06 bits per heavy atom. The van der Waals surface area contributed by atoms with Crippen LogP contribution >= 0.6 is 0 Å². The zero-order chi connectivity index (χ0) is 12.2. The summed E-state index contributed by atoms with van der Waals surface area (Å²) in [6, 6.07) is 0.702. The molecular formula is C14H24N2O2. The maximum absolute atomic E-state index is 5.92. The Balaban J connectivity index is 1.34. The zero-order valence-corrected chi connectivity index (χ0v) is 11.0. The van der Waals surface area contributed by atoms with E-state index in [9.17, 15) is 0 Å². The van der Waals surface area contributed by atoms with Crippen molar-refractivity contribution in [1.82, 2.24) is 10.2 Å².